The molecule has 0 saturated carbocycles. The van der Waals surface area contributed by atoms with Crippen molar-refractivity contribution in [1.82, 2.24) is 4.90 Å². The van der Waals surface area contributed by atoms with E-state index < -0.39 is 0 Å². The van der Waals surface area contributed by atoms with E-state index in [0.717, 1.165) is 24.3 Å². The first-order valence-electron chi connectivity index (χ1n) is 7.89. The Hall–Kier alpha value is -1.06. The minimum absolute atomic E-state index is 0.0564. The van der Waals surface area contributed by atoms with Crippen molar-refractivity contribution in [2.45, 2.75) is 52.0 Å². The summed E-state index contributed by atoms with van der Waals surface area (Å²) in [7, 11) is 0. The van der Waals surface area contributed by atoms with Gasteiger partial charge >= 0.3 is 0 Å². The van der Waals surface area contributed by atoms with E-state index in [9.17, 15) is 4.79 Å². The quantitative estimate of drug-likeness (QED) is 0.905. The lowest BCUT2D eigenvalue weighted by Gasteiger charge is -2.29. The van der Waals surface area contributed by atoms with Crippen LogP contribution in [0.5, 0.6) is 0 Å². The number of aryl methyl sites for hydroxylation is 1. The van der Waals surface area contributed by atoms with Gasteiger partial charge in [0.25, 0.3) is 0 Å². The fourth-order valence-electron chi connectivity index (χ4n) is 2.79. The predicted octanol–water partition coefficient (Wildman–Crippen LogP) is 4.24. The molecule has 1 aliphatic heterocycles. The van der Waals surface area contributed by atoms with Gasteiger partial charge in [-0.05, 0) is 57.5 Å². The van der Waals surface area contributed by atoms with E-state index in [4.69, 9.17) is 11.6 Å². The second kappa shape index (κ2) is 7.81. The molecule has 3 nitrogen and oxygen atoms in total. The van der Waals surface area contributed by atoms with Crippen LogP contribution in [0.2, 0.25) is 5.02 Å². The standard InChI is InChI=1S/C17H25ClN2O/c1-13-8-9-15(18)12-16(13)19-17(21)14(2)20-10-6-4-3-5-7-11-20/h8-9,12,14H,3-7,10-11H2,1-2H3,(H,19,21)/t14-/m1/s1. The Kier molecular flexibility index (Phi) is 6.07. The first kappa shape index (κ1) is 16.3. The summed E-state index contributed by atoms with van der Waals surface area (Å²) in [6.45, 7) is 6.01. The van der Waals surface area contributed by atoms with Crippen molar-refractivity contribution in [3.8, 4) is 0 Å². The number of nitrogens with zero attached hydrogens (tertiary/aromatic N) is 1. The summed E-state index contributed by atoms with van der Waals surface area (Å²) in [6, 6.07) is 5.49. The van der Waals surface area contributed by atoms with E-state index in [1.54, 1.807) is 0 Å². The Balaban J connectivity index is 1.99. The number of carbonyl (C=O) groups is 1. The molecule has 0 aromatic heterocycles. The van der Waals surface area contributed by atoms with E-state index >= 15 is 0 Å². The van der Waals surface area contributed by atoms with E-state index in [1.807, 2.05) is 32.0 Å². The Morgan fingerprint density at radius 1 is 1.19 bits per heavy atom. The molecule has 0 radical (unpaired) electrons. The highest BCUT2D eigenvalue weighted by Crippen LogP contribution is 2.21. The van der Waals surface area contributed by atoms with E-state index in [0.29, 0.717) is 5.02 Å². The molecule has 2 rings (SSSR count). The van der Waals surface area contributed by atoms with Crippen molar-refractivity contribution in [2.75, 3.05) is 18.4 Å². The molecule has 4 heteroatoms. The Morgan fingerprint density at radius 3 is 2.48 bits per heavy atom. The molecular formula is C17H25ClN2O. The van der Waals surface area contributed by atoms with E-state index in [1.165, 1.54) is 32.1 Å². The van der Waals surface area contributed by atoms with Crippen LogP contribution in [0, 0.1) is 6.92 Å². The first-order valence-corrected chi connectivity index (χ1v) is 8.27. The summed E-state index contributed by atoms with van der Waals surface area (Å²) in [6.07, 6.45) is 6.26. The van der Waals surface area contributed by atoms with Gasteiger partial charge in [-0.3, -0.25) is 9.69 Å². The molecule has 1 aromatic carbocycles. The Labute approximate surface area is 132 Å². The van der Waals surface area contributed by atoms with Crippen LogP contribution in [-0.4, -0.2) is 29.9 Å². The van der Waals surface area contributed by atoms with Gasteiger partial charge in [-0.15, -0.1) is 0 Å². The highest BCUT2D eigenvalue weighted by Gasteiger charge is 2.22. The van der Waals surface area contributed by atoms with Crippen LogP contribution in [0.3, 0.4) is 0 Å². The van der Waals surface area contributed by atoms with Gasteiger partial charge in [0.2, 0.25) is 5.91 Å². The van der Waals surface area contributed by atoms with Gasteiger partial charge in [0.15, 0.2) is 0 Å². The van der Waals surface area contributed by atoms with Crippen molar-refractivity contribution >= 4 is 23.2 Å². The summed E-state index contributed by atoms with van der Waals surface area (Å²) in [5.74, 6) is 0.0564. The zero-order valence-corrected chi connectivity index (χ0v) is 13.7. The average Bonchev–Trinajstić information content (AvgIpc) is 2.42. The number of benzene rings is 1. The number of anilines is 1. The molecule has 0 unspecified atom stereocenters. The van der Waals surface area contributed by atoms with Gasteiger partial charge in [-0.1, -0.05) is 36.9 Å². The van der Waals surface area contributed by atoms with Gasteiger partial charge in [0.05, 0.1) is 6.04 Å². The SMILES string of the molecule is Cc1ccc(Cl)cc1NC(=O)[C@@H](C)N1CCCCCCC1. The third kappa shape index (κ3) is 4.72. The molecule has 1 saturated heterocycles. The van der Waals surface area contributed by atoms with Gasteiger partial charge < -0.3 is 5.32 Å². The largest absolute Gasteiger partial charge is 0.324 e. The van der Waals surface area contributed by atoms with Crippen molar-refractivity contribution in [3.05, 3.63) is 28.8 Å². The van der Waals surface area contributed by atoms with Crippen molar-refractivity contribution in [1.29, 1.82) is 0 Å². The zero-order valence-electron chi connectivity index (χ0n) is 13.0. The smallest absolute Gasteiger partial charge is 0.241 e. The fraction of sp³-hybridized carbons (Fsp3) is 0.588. The maximum absolute atomic E-state index is 12.5. The lowest BCUT2D eigenvalue weighted by molar-refractivity contribution is -0.120. The molecule has 1 atom stereocenters. The Bertz CT molecular complexity index is 482. The zero-order chi connectivity index (χ0) is 15.2. The molecule has 21 heavy (non-hydrogen) atoms. The molecule has 1 amide bonds. The molecule has 1 heterocycles. The summed E-state index contributed by atoms with van der Waals surface area (Å²) in [5.41, 5.74) is 1.85. The molecule has 116 valence electrons. The molecule has 0 aliphatic carbocycles. The molecule has 1 fully saturated rings. The monoisotopic (exact) mass is 308 g/mol. The van der Waals surface area contributed by atoms with Crippen LogP contribution in [0.15, 0.2) is 18.2 Å². The number of halogens is 1. The van der Waals surface area contributed by atoms with Crippen molar-refractivity contribution < 1.29 is 4.79 Å². The predicted molar refractivity (Wildman–Crippen MR) is 88.9 cm³/mol. The fourth-order valence-corrected chi connectivity index (χ4v) is 2.96. The van der Waals surface area contributed by atoms with Crippen LogP contribution in [-0.2, 0) is 4.79 Å². The highest BCUT2D eigenvalue weighted by molar-refractivity contribution is 6.31. The molecule has 1 aliphatic rings. The summed E-state index contributed by atoms with van der Waals surface area (Å²) < 4.78 is 0. The number of rotatable bonds is 3. The normalized spacial score (nSPS) is 18.6. The highest BCUT2D eigenvalue weighted by atomic mass is 35.5. The maximum Gasteiger partial charge on any atom is 0.241 e. The minimum atomic E-state index is -0.0959. The average molecular weight is 309 g/mol. The summed E-state index contributed by atoms with van der Waals surface area (Å²) in [4.78, 5) is 14.8. The van der Waals surface area contributed by atoms with E-state index in [-0.39, 0.29) is 11.9 Å². The summed E-state index contributed by atoms with van der Waals surface area (Å²) >= 11 is 6.01. The third-order valence-corrected chi connectivity index (χ3v) is 4.51. The number of amides is 1. The molecular weight excluding hydrogens is 284 g/mol. The van der Waals surface area contributed by atoms with Crippen LogP contribution in [0.25, 0.3) is 0 Å². The summed E-state index contributed by atoms with van der Waals surface area (Å²) in [5, 5.41) is 3.67. The number of hydrogen-bond acceptors (Lipinski definition) is 2. The number of nitrogens with one attached hydrogen (secondary N) is 1. The second-order valence-corrected chi connectivity index (χ2v) is 6.36. The molecule has 1 aromatic rings. The maximum atomic E-state index is 12.5. The molecule has 0 bridgehead atoms. The van der Waals surface area contributed by atoms with Crippen LogP contribution in [0.1, 0.15) is 44.6 Å². The van der Waals surface area contributed by atoms with Gasteiger partial charge in [-0.2, -0.15) is 0 Å². The third-order valence-electron chi connectivity index (χ3n) is 4.28. The van der Waals surface area contributed by atoms with Crippen molar-refractivity contribution in [3.63, 3.8) is 0 Å². The van der Waals surface area contributed by atoms with Gasteiger partial charge in [0.1, 0.15) is 0 Å². The topological polar surface area (TPSA) is 32.3 Å². The lowest BCUT2D eigenvalue weighted by Crippen LogP contribution is -2.43. The van der Waals surface area contributed by atoms with Crippen LogP contribution >= 0.6 is 11.6 Å². The number of likely N-dealkylation sites (tertiary alicyclic amines) is 1. The number of hydrogen-bond donors (Lipinski definition) is 1. The second-order valence-electron chi connectivity index (χ2n) is 5.93. The minimum Gasteiger partial charge on any atom is -0.324 e. The lowest BCUT2D eigenvalue weighted by atomic mass is 10.1. The van der Waals surface area contributed by atoms with Crippen molar-refractivity contribution in [2.24, 2.45) is 0 Å². The van der Waals surface area contributed by atoms with Gasteiger partial charge in [0, 0.05) is 10.7 Å². The van der Waals surface area contributed by atoms with Crippen LogP contribution < -0.4 is 5.32 Å². The van der Waals surface area contributed by atoms with Gasteiger partial charge in [-0.25, -0.2) is 0 Å². The first-order chi connectivity index (χ1) is 10.1. The van der Waals surface area contributed by atoms with Crippen LogP contribution in [0.4, 0.5) is 5.69 Å². The number of carbonyl (C=O) groups excluding carboxylic acids is 1. The molecule has 1 N–H and O–H groups in total. The molecule has 0 spiro atoms. The van der Waals surface area contributed by atoms with E-state index in [2.05, 4.69) is 10.2 Å². The Morgan fingerprint density at radius 2 is 1.81 bits per heavy atom.